The number of hydrogen-bond acceptors (Lipinski definition) is 6. The van der Waals surface area contributed by atoms with E-state index in [0.717, 1.165) is 22.1 Å². The van der Waals surface area contributed by atoms with Crippen LogP contribution in [0.1, 0.15) is 12.1 Å². The van der Waals surface area contributed by atoms with Crippen LogP contribution in [0.5, 0.6) is 5.75 Å². The molecular formula is C13H14N4O2S. The number of anilines is 2. The molecule has 6 nitrogen and oxygen atoms in total. The van der Waals surface area contributed by atoms with Crippen molar-refractivity contribution in [1.82, 2.24) is 9.59 Å². The number of carbonyl (C=O) groups is 1. The zero-order valence-electron chi connectivity index (χ0n) is 11.0. The van der Waals surface area contributed by atoms with Crippen LogP contribution < -0.4 is 15.0 Å². The van der Waals surface area contributed by atoms with Crippen LogP contribution in [0.25, 0.3) is 0 Å². The Bertz CT molecular complexity index is 628. The molecule has 7 heteroatoms. The molecule has 1 amide bonds. The number of amides is 1. The Morgan fingerprint density at radius 2 is 2.30 bits per heavy atom. The van der Waals surface area contributed by atoms with E-state index in [1.54, 1.807) is 4.90 Å². The predicted molar refractivity (Wildman–Crippen MR) is 77.2 cm³/mol. The zero-order chi connectivity index (χ0) is 13.9. The summed E-state index contributed by atoms with van der Waals surface area (Å²) >= 11 is 1.28. The van der Waals surface area contributed by atoms with E-state index in [-0.39, 0.29) is 5.91 Å². The molecule has 0 unspecified atom stereocenters. The fourth-order valence-corrected chi connectivity index (χ4v) is 2.67. The minimum Gasteiger partial charge on any atom is -0.491 e. The summed E-state index contributed by atoms with van der Waals surface area (Å²) in [4.78, 5) is 14.0. The Morgan fingerprint density at radius 3 is 3.15 bits per heavy atom. The largest absolute Gasteiger partial charge is 0.491 e. The third-order valence-electron chi connectivity index (χ3n) is 3.12. The number of rotatable bonds is 3. The van der Waals surface area contributed by atoms with Crippen molar-refractivity contribution >= 4 is 28.1 Å². The van der Waals surface area contributed by atoms with Crippen molar-refractivity contribution in [2.24, 2.45) is 0 Å². The Labute approximate surface area is 120 Å². The van der Waals surface area contributed by atoms with Crippen LogP contribution in [-0.4, -0.2) is 29.1 Å². The third-order valence-corrected chi connectivity index (χ3v) is 3.91. The molecule has 0 saturated carbocycles. The summed E-state index contributed by atoms with van der Waals surface area (Å²) in [7, 11) is 1.82. The lowest BCUT2D eigenvalue weighted by molar-refractivity contribution is -0.118. The molecule has 2 aromatic rings. The first-order chi connectivity index (χ1) is 9.79. The fraction of sp³-hybridized carbons (Fsp3) is 0.308. The molecule has 3 rings (SSSR count). The Kier molecular flexibility index (Phi) is 3.51. The Hall–Kier alpha value is -2.15. The van der Waals surface area contributed by atoms with Gasteiger partial charge in [-0.2, -0.15) is 0 Å². The van der Waals surface area contributed by atoms with Crippen molar-refractivity contribution in [1.29, 1.82) is 0 Å². The van der Waals surface area contributed by atoms with Crippen molar-refractivity contribution in [3.05, 3.63) is 30.0 Å². The third kappa shape index (κ3) is 2.32. The lowest BCUT2D eigenvalue weighted by Gasteiger charge is -2.21. The summed E-state index contributed by atoms with van der Waals surface area (Å²) in [5, 5.41) is 8.01. The lowest BCUT2D eigenvalue weighted by atomic mass is 10.2. The first-order valence-electron chi connectivity index (χ1n) is 6.31. The maximum Gasteiger partial charge on any atom is 0.230 e. The molecule has 1 aromatic heterocycles. The van der Waals surface area contributed by atoms with Gasteiger partial charge in [0.2, 0.25) is 5.91 Å². The Morgan fingerprint density at radius 1 is 1.45 bits per heavy atom. The van der Waals surface area contributed by atoms with Crippen LogP contribution in [0.2, 0.25) is 0 Å². The average Bonchev–Trinajstić information content (AvgIpc) is 2.86. The molecule has 0 fully saturated rings. The zero-order valence-corrected chi connectivity index (χ0v) is 11.8. The number of ether oxygens (including phenoxy) is 1. The van der Waals surface area contributed by atoms with Gasteiger partial charge in [-0.3, -0.25) is 4.79 Å². The van der Waals surface area contributed by atoms with Crippen LogP contribution in [0.3, 0.4) is 0 Å². The van der Waals surface area contributed by atoms with Crippen molar-refractivity contribution < 1.29 is 9.53 Å². The highest BCUT2D eigenvalue weighted by Gasteiger charge is 2.24. The standard InChI is InChI=1S/C13H14N4O2S/c1-14-13-9(15-16-20-13)8-17-10-4-2-3-5-11(10)19-7-6-12(17)18/h2-5,14H,6-8H2,1H3. The van der Waals surface area contributed by atoms with Gasteiger partial charge < -0.3 is 15.0 Å². The van der Waals surface area contributed by atoms with E-state index in [4.69, 9.17) is 4.74 Å². The molecule has 1 N–H and O–H groups in total. The van der Waals surface area contributed by atoms with Gasteiger partial charge in [-0.15, -0.1) is 5.10 Å². The SMILES string of the molecule is CNc1snnc1CN1C(=O)CCOc2ccccc21. The summed E-state index contributed by atoms with van der Waals surface area (Å²) in [6.07, 6.45) is 0.362. The van der Waals surface area contributed by atoms with Crippen molar-refractivity contribution in [3.63, 3.8) is 0 Å². The molecule has 1 aliphatic rings. The van der Waals surface area contributed by atoms with Crippen LogP contribution in [0, 0.1) is 0 Å². The van der Waals surface area contributed by atoms with Crippen LogP contribution in [0.15, 0.2) is 24.3 Å². The van der Waals surface area contributed by atoms with Gasteiger partial charge in [-0.05, 0) is 12.1 Å². The number of hydrogen-bond donors (Lipinski definition) is 1. The van der Waals surface area contributed by atoms with Crippen molar-refractivity contribution in [2.45, 2.75) is 13.0 Å². The Balaban J connectivity index is 1.96. The highest BCUT2D eigenvalue weighted by Crippen LogP contribution is 2.33. The molecule has 0 radical (unpaired) electrons. The molecule has 0 bridgehead atoms. The molecule has 0 saturated heterocycles. The van der Waals surface area contributed by atoms with E-state index in [9.17, 15) is 4.79 Å². The number of nitrogens with one attached hydrogen (secondary N) is 1. The van der Waals surface area contributed by atoms with Crippen molar-refractivity contribution in [3.8, 4) is 5.75 Å². The number of fused-ring (bicyclic) bond motifs is 1. The number of carbonyl (C=O) groups excluding carboxylic acids is 1. The molecular weight excluding hydrogens is 276 g/mol. The molecule has 1 aliphatic heterocycles. The molecule has 1 aromatic carbocycles. The van der Waals surface area contributed by atoms with Gasteiger partial charge in [0.1, 0.15) is 16.4 Å². The van der Waals surface area contributed by atoms with Gasteiger partial charge in [0, 0.05) is 18.6 Å². The normalized spacial score (nSPS) is 14.4. The maximum atomic E-state index is 12.3. The highest BCUT2D eigenvalue weighted by atomic mass is 32.1. The first kappa shape index (κ1) is 12.9. The topological polar surface area (TPSA) is 67.4 Å². The van der Waals surface area contributed by atoms with Crippen LogP contribution in [-0.2, 0) is 11.3 Å². The van der Waals surface area contributed by atoms with E-state index >= 15 is 0 Å². The second-order valence-corrected chi connectivity index (χ2v) is 5.10. The van der Waals surface area contributed by atoms with Crippen LogP contribution >= 0.6 is 11.5 Å². The smallest absolute Gasteiger partial charge is 0.230 e. The molecule has 104 valence electrons. The number of aromatic nitrogens is 2. The van der Waals surface area contributed by atoms with Gasteiger partial charge in [0.05, 0.1) is 25.3 Å². The lowest BCUT2D eigenvalue weighted by Crippen LogP contribution is -2.30. The van der Waals surface area contributed by atoms with E-state index in [1.807, 2.05) is 31.3 Å². The fourth-order valence-electron chi connectivity index (χ4n) is 2.14. The van der Waals surface area contributed by atoms with Crippen LogP contribution in [0.4, 0.5) is 10.7 Å². The summed E-state index contributed by atoms with van der Waals surface area (Å²) in [5.74, 6) is 0.762. The second-order valence-electron chi connectivity index (χ2n) is 4.34. The van der Waals surface area contributed by atoms with E-state index in [0.29, 0.717) is 19.6 Å². The monoisotopic (exact) mass is 290 g/mol. The summed E-state index contributed by atoms with van der Waals surface area (Å²) in [5.41, 5.74) is 1.55. The average molecular weight is 290 g/mol. The molecule has 0 atom stereocenters. The molecule has 0 spiro atoms. The molecule has 2 heterocycles. The van der Waals surface area contributed by atoms with E-state index in [2.05, 4.69) is 14.9 Å². The van der Waals surface area contributed by atoms with Gasteiger partial charge in [0.25, 0.3) is 0 Å². The number of nitrogens with zero attached hydrogens (tertiary/aromatic N) is 3. The summed E-state index contributed by atoms with van der Waals surface area (Å²) in [6, 6.07) is 7.55. The van der Waals surface area contributed by atoms with Gasteiger partial charge in [0.15, 0.2) is 0 Å². The number of para-hydroxylation sites is 2. The molecule has 20 heavy (non-hydrogen) atoms. The summed E-state index contributed by atoms with van der Waals surface area (Å²) in [6.45, 7) is 0.798. The highest BCUT2D eigenvalue weighted by molar-refractivity contribution is 7.10. The van der Waals surface area contributed by atoms with E-state index in [1.165, 1.54) is 11.5 Å². The van der Waals surface area contributed by atoms with Gasteiger partial charge >= 0.3 is 0 Å². The maximum absolute atomic E-state index is 12.3. The predicted octanol–water partition coefficient (Wildman–Crippen LogP) is 1.90. The quantitative estimate of drug-likeness (QED) is 0.935. The minimum absolute atomic E-state index is 0.0324. The van der Waals surface area contributed by atoms with Crippen molar-refractivity contribution in [2.75, 3.05) is 23.9 Å². The molecule has 0 aliphatic carbocycles. The number of benzene rings is 1. The van der Waals surface area contributed by atoms with Gasteiger partial charge in [-0.25, -0.2) is 0 Å². The van der Waals surface area contributed by atoms with E-state index < -0.39 is 0 Å². The minimum atomic E-state index is 0.0324. The summed E-state index contributed by atoms with van der Waals surface area (Å²) < 4.78 is 9.54. The van der Waals surface area contributed by atoms with Gasteiger partial charge in [-0.1, -0.05) is 16.6 Å². The first-order valence-corrected chi connectivity index (χ1v) is 7.08. The second kappa shape index (κ2) is 5.46.